The van der Waals surface area contributed by atoms with Crippen molar-refractivity contribution in [2.45, 2.75) is 31.1 Å². The molecule has 2 aromatic rings. The Hall–Kier alpha value is -2.02. The molecule has 3 aliphatic carbocycles. The molecule has 0 spiro atoms. The Morgan fingerprint density at radius 3 is 1.91 bits per heavy atom. The SMILES string of the molecule is C(=C1\CC2c3ccccc3C1c1ccccc12)/N1CCCC1. The van der Waals surface area contributed by atoms with E-state index in [1.54, 1.807) is 27.8 Å². The summed E-state index contributed by atoms with van der Waals surface area (Å²) in [5, 5.41) is 0. The Morgan fingerprint density at radius 1 is 0.773 bits per heavy atom. The molecule has 0 unspecified atom stereocenters. The first-order valence-corrected chi connectivity index (χ1v) is 8.54. The average molecular weight is 287 g/mol. The van der Waals surface area contributed by atoms with Gasteiger partial charge in [-0.3, -0.25) is 0 Å². The Bertz CT molecular complexity index is 705. The van der Waals surface area contributed by atoms with Crippen LogP contribution in [-0.4, -0.2) is 18.0 Å². The molecule has 0 aromatic heterocycles. The van der Waals surface area contributed by atoms with Gasteiger partial charge in [-0.2, -0.15) is 0 Å². The number of allylic oxidation sites excluding steroid dienone is 1. The monoisotopic (exact) mass is 287 g/mol. The third-order valence-corrected chi connectivity index (χ3v) is 5.66. The fourth-order valence-electron chi connectivity index (χ4n) is 4.72. The first kappa shape index (κ1) is 12.5. The Morgan fingerprint density at radius 2 is 1.32 bits per heavy atom. The highest BCUT2D eigenvalue weighted by molar-refractivity contribution is 5.60. The van der Waals surface area contributed by atoms with Crippen LogP contribution in [0.4, 0.5) is 0 Å². The van der Waals surface area contributed by atoms with Gasteiger partial charge < -0.3 is 4.90 Å². The summed E-state index contributed by atoms with van der Waals surface area (Å²) in [6.07, 6.45) is 6.40. The smallest absolute Gasteiger partial charge is 0.0322 e. The van der Waals surface area contributed by atoms with Crippen molar-refractivity contribution in [2.75, 3.05) is 13.1 Å². The highest BCUT2D eigenvalue weighted by Crippen LogP contribution is 2.55. The van der Waals surface area contributed by atoms with E-state index in [2.05, 4.69) is 59.6 Å². The molecule has 4 aliphatic rings. The van der Waals surface area contributed by atoms with E-state index in [1.165, 1.54) is 32.4 Å². The molecule has 6 rings (SSSR count). The van der Waals surface area contributed by atoms with Crippen molar-refractivity contribution in [1.29, 1.82) is 0 Å². The molecule has 1 fully saturated rings. The molecule has 2 bridgehead atoms. The van der Waals surface area contributed by atoms with Crippen molar-refractivity contribution < 1.29 is 0 Å². The zero-order chi connectivity index (χ0) is 14.5. The second kappa shape index (κ2) is 4.74. The van der Waals surface area contributed by atoms with Gasteiger partial charge in [0, 0.05) is 24.9 Å². The van der Waals surface area contributed by atoms with Crippen molar-refractivity contribution in [3.05, 3.63) is 82.6 Å². The number of rotatable bonds is 1. The minimum absolute atomic E-state index is 0.484. The van der Waals surface area contributed by atoms with Gasteiger partial charge in [0.15, 0.2) is 0 Å². The van der Waals surface area contributed by atoms with E-state index in [0.717, 1.165) is 0 Å². The summed E-state index contributed by atoms with van der Waals surface area (Å²) in [4.78, 5) is 2.54. The van der Waals surface area contributed by atoms with Crippen LogP contribution in [0.2, 0.25) is 0 Å². The van der Waals surface area contributed by atoms with Gasteiger partial charge in [0.25, 0.3) is 0 Å². The van der Waals surface area contributed by atoms with Gasteiger partial charge in [-0.25, -0.2) is 0 Å². The Kier molecular flexibility index (Phi) is 2.70. The van der Waals surface area contributed by atoms with Crippen molar-refractivity contribution in [3.63, 3.8) is 0 Å². The highest BCUT2D eigenvalue weighted by Gasteiger charge is 2.40. The molecule has 1 heterocycles. The van der Waals surface area contributed by atoms with Crippen LogP contribution in [0.25, 0.3) is 0 Å². The lowest BCUT2D eigenvalue weighted by molar-refractivity contribution is 0.453. The molecule has 110 valence electrons. The molecule has 2 aromatic carbocycles. The van der Waals surface area contributed by atoms with Gasteiger partial charge in [-0.1, -0.05) is 48.5 Å². The molecule has 22 heavy (non-hydrogen) atoms. The third kappa shape index (κ3) is 1.71. The molecular weight excluding hydrogens is 266 g/mol. The summed E-state index contributed by atoms with van der Waals surface area (Å²) >= 11 is 0. The summed E-state index contributed by atoms with van der Waals surface area (Å²) in [6, 6.07) is 18.2. The zero-order valence-electron chi connectivity index (χ0n) is 12.8. The molecule has 0 atom stereocenters. The predicted molar refractivity (Wildman–Crippen MR) is 90.1 cm³/mol. The first-order chi connectivity index (χ1) is 10.9. The second-order valence-electron chi connectivity index (χ2n) is 6.89. The minimum atomic E-state index is 0.484. The average Bonchev–Trinajstić information content (AvgIpc) is 3.08. The van der Waals surface area contributed by atoms with Crippen LogP contribution in [0.15, 0.2) is 60.3 Å². The third-order valence-electron chi connectivity index (χ3n) is 5.66. The van der Waals surface area contributed by atoms with Crippen LogP contribution in [0.1, 0.15) is 53.4 Å². The summed E-state index contributed by atoms with van der Waals surface area (Å²) in [7, 11) is 0. The topological polar surface area (TPSA) is 3.24 Å². The number of benzene rings is 2. The van der Waals surface area contributed by atoms with Crippen LogP contribution < -0.4 is 0 Å². The quantitative estimate of drug-likeness (QED) is 0.738. The molecule has 0 radical (unpaired) electrons. The fourth-order valence-corrected chi connectivity index (χ4v) is 4.72. The largest absolute Gasteiger partial charge is 0.377 e. The van der Waals surface area contributed by atoms with E-state index >= 15 is 0 Å². The molecule has 1 aliphatic heterocycles. The van der Waals surface area contributed by atoms with Gasteiger partial charge in [-0.15, -0.1) is 0 Å². The Labute approximate surface area is 132 Å². The summed E-state index contributed by atoms with van der Waals surface area (Å²) in [5.74, 6) is 1.05. The fraction of sp³-hybridized carbons (Fsp3) is 0.333. The van der Waals surface area contributed by atoms with Gasteiger partial charge in [-0.05, 0) is 53.3 Å². The van der Waals surface area contributed by atoms with E-state index in [4.69, 9.17) is 0 Å². The normalized spacial score (nSPS) is 27.1. The minimum Gasteiger partial charge on any atom is -0.377 e. The number of hydrogen-bond acceptors (Lipinski definition) is 1. The zero-order valence-corrected chi connectivity index (χ0v) is 12.8. The maximum absolute atomic E-state index is 2.54. The second-order valence-corrected chi connectivity index (χ2v) is 6.89. The summed E-state index contributed by atoms with van der Waals surface area (Å²) in [6.45, 7) is 2.48. The maximum Gasteiger partial charge on any atom is 0.0322 e. The predicted octanol–water partition coefficient (Wildman–Crippen LogP) is 4.65. The number of fused-ring (bicyclic) bond motifs is 1. The van der Waals surface area contributed by atoms with Crippen LogP contribution in [0, 0.1) is 0 Å². The van der Waals surface area contributed by atoms with E-state index in [1.807, 2.05) is 0 Å². The molecule has 1 heteroatoms. The lowest BCUT2D eigenvalue weighted by Gasteiger charge is -2.42. The van der Waals surface area contributed by atoms with Crippen molar-refractivity contribution >= 4 is 0 Å². The highest BCUT2D eigenvalue weighted by atomic mass is 15.1. The number of hydrogen-bond donors (Lipinski definition) is 0. The van der Waals surface area contributed by atoms with Gasteiger partial charge in [0.1, 0.15) is 0 Å². The lowest BCUT2D eigenvalue weighted by Crippen LogP contribution is -2.28. The van der Waals surface area contributed by atoms with Crippen molar-refractivity contribution in [2.24, 2.45) is 0 Å². The van der Waals surface area contributed by atoms with Crippen molar-refractivity contribution in [3.8, 4) is 0 Å². The molecular formula is C21H21N. The summed E-state index contributed by atoms with van der Waals surface area (Å²) in [5.41, 5.74) is 7.84. The number of likely N-dealkylation sites (tertiary alicyclic amines) is 1. The van der Waals surface area contributed by atoms with Crippen LogP contribution in [0.5, 0.6) is 0 Å². The van der Waals surface area contributed by atoms with E-state index in [-0.39, 0.29) is 0 Å². The van der Waals surface area contributed by atoms with Crippen LogP contribution in [-0.2, 0) is 0 Å². The van der Waals surface area contributed by atoms with Gasteiger partial charge in [0.2, 0.25) is 0 Å². The van der Waals surface area contributed by atoms with E-state index in [0.29, 0.717) is 11.8 Å². The van der Waals surface area contributed by atoms with Crippen LogP contribution >= 0.6 is 0 Å². The molecule has 0 saturated carbocycles. The molecule has 0 amide bonds. The molecule has 0 N–H and O–H groups in total. The van der Waals surface area contributed by atoms with Gasteiger partial charge in [0.05, 0.1) is 0 Å². The van der Waals surface area contributed by atoms with E-state index in [9.17, 15) is 0 Å². The lowest BCUT2D eigenvalue weighted by atomic mass is 9.62. The number of nitrogens with zero attached hydrogens (tertiary/aromatic N) is 1. The molecule has 1 saturated heterocycles. The first-order valence-electron chi connectivity index (χ1n) is 8.54. The maximum atomic E-state index is 2.54. The van der Waals surface area contributed by atoms with Gasteiger partial charge >= 0.3 is 0 Å². The summed E-state index contributed by atoms with van der Waals surface area (Å²) < 4.78 is 0. The molecule has 1 nitrogen and oxygen atoms in total. The van der Waals surface area contributed by atoms with Crippen molar-refractivity contribution in [1.82, 2.24) is 4.90 Å². The van der Waals surface area contributed by atoms with E-state index < -0.39 is 0 Å². The standard InChI is InChI=1S/C21H21N/c1-3-9-18-16(7-1)20-13-15(14-22-11-5-6-12-22)21(18)19-10-4-2-8-17(19)20/h1-4,7-10,14,20-21H,5-6,11-13H2/b15-14-. The Balaban J connectivity index is 1.68. The van der Waals surface area contributed by atoms with Crippen LogP contribution in [0.3, 0.4) is 0 Å².